The average Bonchev–Trinajstić information content (AvgIpc) is 3.26. The van der Waals surface area contributed by atoms with Crippen LogP contribution in [0.15, 0.2) is 146 Å². The van der Waals surface area contributed by atoms with Gasteiger partial charge in [-0.1, -0.05) is 190 Å². The summed E-state index contributed by atoms with van der Waals surface area (Å²) in [7, 11) is -3.39. The largest absolute Gasteiger partial charge is 0.294 e. The maximum atomic E-state index is 15.0. The SMILES string of the molecule is CCc1ccc(C(=O)c2ccc([Si](C)(c3ccc(C(=O)c4ccc(CC)cc4)cc3)C(C(=O)c3ccc(CC)cc3)C(=O)c3ccc(CC)cc3)cc2)cc1. The van der Waals surface area contributed by atoms with E-state index in [9.17, 15) is 9.59 Å². The highest BCUT2D eigenvalue weighted by atomic mass is 28.3. The van der Waals surface area contributed by atoms with Crippen molar-refractivity contribution in [2.75, 3.05) is 0 Å². The smallest absolute Gasteiger partial charge is 0.193 e. The van der Waals surface area contributed by atoms with Gasteiger partial charge in [0.1, 0.15) is 8.07 Å². The lowest BCUT2D eigenvalue weighted by atomic mass is 9.98. The molecular formula is C50H48O4Si. The van der Waals surface area contributed by atoms with Gasteiger partial charge in [-0.25, -0.2) is 0 Å². The molecule has 4 nitrogen and oxygen atoms in total. The number of rotatable bonds is 15. The van der Waals surface area contributed by atoms with Gasteiger partial charge in [0.2, 0.25) is 0 Å². The molecule has 0 aromatic heterocycles. The van der Waals surface area contributed by atoms with Crippen LogP contribution in [-0.2, 0) is 25.7 Å². The number of carbonyl (C=O) groups excluding carboxylic acids is 4. The van der Waals surface area contributed by atoms with Crippen LogP contribution in [0.3, 0.4) is 0 Å². The number of hydrogen-bond acceptors (Lipinski definition) is 4. The van der Waals surface area contributed by atoms with Crippen LogP contribution < -0.4 is 10.4 Å². The Bertz CT molecular complexity index is 2120. The minimum Gasteiger partial charge on any atom is -0.294 e. The van der Waals surface area contributed by atoms with Gasteiger partial charge in [-0.15, -0.1) is 0 Å². The van der Waals surface area contributed by atoms with Crippen molar-refractivity contribution in [3.05, 3.63) is 201 Å². The second kappa shape index (κ2) is 17.1. The van der Waals surface area contributed by atoms with E-state index >= 15 is 9.59 Å². The van der Waals surface area contributed by atoms with Gasteiger partial charge >= 0.3 is 0 Å². The van der Waals surface area contributed by atoms with Gasteiger partial charge in [0.25, 0.3) is 0 Å². The molecule has 0 radical (unpaired) electrons. The Morgan fingerprint density at radius 1 is 0.364 bits per heavy atom. The highest BCUT2D eigenvalue weighted by Crippen LogP contribution is 2.32. The molecule has 0 heterocycles. The molecule has 6 aromatic carbocycles. The number of carbonyl (C=O) groups is 4. The van der Waals surface area contributed by atoms with E-state index in [1.807, 2.05) is 146 Å². The van der Waals surface area contributed by atoms with Crippen molar-refractivity contribution in [1.82, 2.24) is 0 Å². The average molecular weight is 741 g/mol. The molecule has 276 valence electrons. The van der Waals surface area contributed by atoms with Crippen LogP contribution in [0.25, 0.3) is 0 Å². The van der Waals surface area contributed by atoms with E-state index in [-0.39, 0.29) is 23.1 Å². The second-order valence-corrected chi connectivity index (χ2v) is 18.5. The van der Waals surface area contributed by atoms with Gasteiger partial charge < -0.3 is 0 Å². The Labute approximate surface area is 326 Å². The Morgan fingerprint density at radius 2 is 0.582 bits per heavy atom. The van der Waals surface area contributed by atoms with E-state index in [1.165, 1.54) is 0 Å². The van der Waals surface area contributed by atoms with Crippen LogP contribution >= 0.6 is 0 Å². The molecule has 6 aromatic rings. The summed E-state index contributed by atoms with van der Waals surface area (Å²) < 4.78 is 0. The van der Waals surface area contributed by atoms with Crippen LogP contribution in [-0.4, -0.2) is 31.2 Å². The molecule has 0 aliphatic rings. The van der Waals surface area contributed by atoms with Crippen LogP contribution in [0, 0.1) is 0 Å². The fourth-order valence-electron chi connectivity index (χ4n) is 7.34. The first-order valence-corrected chi connectivity index (χ1v) is 21.9. The van der Waals surface area contributed by atoms with Gasteiger partial charge in [-0.3, -0.25) is 19.2 Å². The maximum Gasteiger partial charge on any atom is 0.193 e. The van der Waals surface area contributed by atoms with E-state index in [0.717, 1.165) is 58.3 Å². The second-order valence-electron chi connectivity index (χ2n) is 14.4. The molecule has 55 heavy (non-hydrogen) atoms. The van der Waals surface area contributed by atoms with Crippen LogP contribution in [0.1, 0.15) is 103 Å². The lowest BCUT2D eigenvalue weighted by Crippen LogP contribution is -2.62. The van der Waals surface area contributed by atoms with Crippen molar-refractivity contribution in [2.24, 2.45) is 0 Å². The van der Waals surface area contributed by atoms with Gasteiger partial charge in [0, 0.05) is 33.4 Å². The van der Waals surface area contributed by atoms with E-state index < -0.39 is 13.6 Å². The van der Waals surface area contributed by atoms with E-state index in [2.05, 4.69) is 34.2 Å². The van der Waals surface area contributed by atoms with Gasteiger partial charge in [-0.05, 0) is 47.9 Å². The zero-order chi connectivity index (χ0) is 39.1. The molecule has 0 unspecified atom stereocenters. The zero-order valence-electron chi connectivity index (χ0n) is 32.4. The van der Waals surface area contributed by atoms with Crippen LogP contribution in [0.4, 0.5) is 0 Å². The van der Waals surface area contributed by atoms with E-state index in [1.54, 1.807) is 0 Å². The van der Waals surface area contributed by atoms with Crippen molar-refractivity contribution in [3.63, 3.8) is 0 Å². The fourth-order valence-corrected chi connectivity index (χ4v) is 11.4. The first-order chi connectivity index (χ1) is 26.6. The molecule has 0 saturated heterocycles. The minimum absolute atomic E-state index is 0.0943. The van der Waals surface area contributed by atoms with Gasteiger partial charge in [-0.2, -0.15) is 0 Å². The Morgan fingerprint density at radius 3 is 0.818 bits per heavy atom. The molecule has 0 aliphatic heterocycles. The number of aryl methyl sites for hydroxylation is 4. The third-order valence-corrected chi connectivity index (χ3v) is 15.9. The fraction of sp³-hybridized carbons (Fsp3) is 0.200. The summed E-state index contributed by atoms with van der Waals surface area (Å²) in [5.74, 6) is -0.672. The predicted molar refractivity (Wildman–Crippen MR) is 226 cm³/mol. The Balaban J connectivity index is 1.49. The van der Waals surface area contributed by atoms with E-state index in [4.69, 9.17) is 0 Å². The van der Waals surface area contributed by atoms with Crippen molar-refractivity contribution < 1.29 is 19.2 Å². The molecule has 0 amide bonds. The summed E-state index contributed by atoms with van der Waals surface area (Å²) in [5, 5.41) is 1.67. The summed E-state index contributed by atoms with van der Waals surface area (Å²) in [5.41, 5.74) is 6.68. The summed E-state index contributed by atoms with van der Waals surface area (Å²) in [6, 6.07) is 45.4. The van der Waals surface area contributed by atoms with Crippen LogP contribution in [0.2, 0.25) is 12.1 Å². The lowest BCUT2D eigenvalue weighted by Gasteiger charge is -2.35. The highest BCUT2D eigenvalue weighted by Gasteiger charge is 2.49. The lowest BCUT2D eigenvalue weighted by molar-refractivity contribution is 0.0890. The van der Waals surface area contributed by atoms with Crippen molar-refractivity contribution >= 4 is 41.6 Å². The molecular weight excluding hydrogens is 693 g/mol. The summed E-state index contributed by atoms with van der Waals surface area (Å²) in [4.78, 5) is 57.3. The Kier molecular flexibility index (Phi) is 12.1. The zero-order valence-corrected chi connectivity index (χ0v) is 33.4. The monoisotopic (exact) mass is 740 g/mol. The molecule has 0 aliphatic carbocycles. The summed E-state index contributed by atoms with van der Waals surface area (Å²) in [6.07, 6.45) is 3.43. The van der Waals surface area contributed by atoms with Crippen LogP contribution in [0.5, 0.6) is 0 Å². The number of ketones is 4. The quantitative estimate of drug-likeness (QED) is 0.0598. The minimum atomic E-state index is -3.39. The third kappa shape index (κ3) is 8.18. The topological polar surface area (TPSA) is 68.3 Å². The van der Waals surface area contributed by atoms with E-state index in [0.29, 0.717) is 33.4 Å². The first kappa shape index (κ1) is 38.9. The van der Waals surface area contributed by atoms with Crippen molar-refractivity contribution in [3.8, 4) is 0 Å². The van der Waals surface area contributed by atoms with Crippen molar-refractivity contribution in [2.45, 2.75) is 65.5 Å². The molecule has 0 N–H and O–H groups in total. The summed E-state index contributed by atoms with van der Waals surface area (Å²) in [6.45, 7) is 10.4. The van der Waals surface area contributed by atoms with Crippen molar-refractivity contribution in [1.29, 1.82) is 0 Å². The first-order valence-electron chi connectivity index (χ1n) is 19.4. The molecule has 0 bridgehead atoms. The summed E-state index contributed by atoms with van der Waals surface area (Å²) >= 11 is 0. The number of hydrogen-bond donors (Lipinski definition) is 0. The highest BCUT2D eigenvalue weighted by molar-refractivity contribution is 7.06. The van der Waals surface area contributed by atoms with Gasteiger partial charge in [0.15, 0.2) is 23.1 Å². The molecule has 0 saturated carbocycles. The molecule has 5 heteroatoms. The number of benzene rings is 6. The standard InChI is InChI=1S/C50H48O4Si/c1-6-34-10-18-38(19-11-34)46(51)40-26-30-44(31-27-40)55(5,45-32-28-41(29-33-45)47(52)39-20-12-35(7-2)13-21-39)50(48(53)42-22-14-36(8-3)15-23-42)49(54)43-24-16-37(9-4)17-25-43/h10-33,50H,6-9H2,1-5H3. The normalized spacial score (nSPS) is 11.4. The molecule has 0 fully saturated rings. The third-order valence-electron chi connectivity index (χ3n) is 11.1. The molecule has 0 atom stereocenters. The van der Waals surface area contributed by atoms with Gasteiger partial charge in [0.05, 0.1) is 5.54 Å². The Hall–Kier alpha value is -5.78. The molecule has 6 rings (SSSR count). The molecule has 0 spiro atoms. The predicted octanol–water partition coefficient (Wildman–Crippen LogP) is 9.73. The maximum absolute atomic E-state index is 15.0. The number of Topliss-reactive ketones (excluding diaryl/α,β-unsaturated/α-hetero) is 2.